The van der Waals surface area contributed by atoms with Crippen LogP contribution in [-0.2, 0) is 4.74 Å². The summed E-state index contributed by atoms with van der Waals surface area (Å²) in [5.74, 6) is 0.837. The van der Waals surface area contributed by atoms with Crippen molar-refractivity contribution in [3.05, 3.63) is 12.7 Å². The highest BCUT2D eigenvalue weighted by molar-refractivity contribution is 4.70. The van der Waals surface area contributed by atoms with Gasteiger partial charge in [-0.2, -0.15) is 0 Å². The highest BCUT2D eigenvalue weighted by Crippen LogP contribution is 2.12. The standard InChI is InChI=1S/C10H19NO/c1-2-3-6-11-9-10-4-7-12-8-5-10/h2,10-11H,1,3-9H2. The molecular formula is C10H19NO. The van der Waals surface area contributed by atoms with Crippen molar-refractivity contribution in [1.82, 2.24) is 5.32 Å². The predicted molar refractivity (Wildman–Crippen MR) is 51.2 cm³/mol. The molecule has 0 saturated carbocycles. The van der Waals surface area contributed by atoms with Crippen LogP contribution in [0.1, 0.15) is 19.3 Å². The summed E-state index contributed by atoms with van der Waals surface area (Å²) in [7, 11) is 0. The van der Waals surface area contributed by atoms with Crippen LogP contribution in [0.4, 0.5) is 0 Å². The fraction of sp³-hybridized carbons (Fsp3) is 0.800. The van der Waals surface area contributed by atoms with E-state index in [4.69, 9.17) is 4.74 Å². The largest absolute Gasteiger partial charge is 0.381 e. The van der Waals surface area contributed by atoms with E-state index in [2.05, 4.69) is 11.9 Å². The second kappa shape index (κ2) is 6.21. The van der Waals surface area contributed by atoms with Crippen LogP contribution in [0.15, 0.2) is 12.7 Å². The molecule has 1 heterocycles. The molecule has 0 atom stereocenters. The van der Waals surface area contributed by atoms with E-state index in [1.807, 2.05) is 6.08 Å². The van der Waals surface area contributed by atoms with Gasteiger partial charge in [0.1, 0.15) is 0 Å². The second-order valence-electron chi connectivity index (χ2n) is 3.34. The lowest BCUT2D eigenvalue weighted by molar-refractivity contribution is 0.0664. The minimum atomic E-state index is 0.837. The highest BCUT2D eigenvalue weighted by Gasteiger charge is 2.12. The average Bonchev–Trinajstić information content (AvgIpc) is 2.14. The van der Waals surface area contributed by atoms with Gasteiger partial charge in [0.05, 0.1) is 0 Å². The molecule has 2 heteroatoms. The topological polar surface area (TPSA) is 21.3 Å². The summed E-state index contributed by atoms with van der Waals surface area (Å²) in [5.41, 5.74) is 0. The zero-order valence-electron chi connectivity index (χ0n) is 7.72. The Balaban J connectivity index is 1.94. The molecule has 1 saturated heterocycles. The number of hydrogen-bond donors (Lipinski definition) is 1. The van der Waals surface area contributed by atoms with Crippen molar-refractivity contribution < 1.29 is 4.74 Å². The van der Waals surface area contributed by atoms with E-state index in [0.29, 0.717) is 0 Å². The summed E-state index contributed by atoms with van der Waals surface area (Å²) in [6, 6.07) is 0. The van der Waals surface area contributed by atoms with Crippen molar-refractivity contribution in [3.8, 4) is 0 Å². The molecule has 2 nitrogen and oxygen atoms in total. The van der Waals surface area contributed by atoms with Gasteiger partial charge in [0.25, 0.3) is 0 Å². The second-order valence-corrected chi connectivity index (χ2v) is 3.34. The van der Waals surface area contributed by atoms with Crippen LogP contribution in [0, 0.1) is 5.92 Å². The molecule has 0 unspecified atom stereocenters. The Hall–Kier alpha value is -0.340. The average molecular weight is 169 g/mol. The molecule has 70 valence electrons. The van der Waals surface area contributed by atoms with Gasteiger partial charge in [0.15, 0.2) is 0 Å². The van der Waals surface area contributed by atoms with E-state index in [0.717, 1.165) is 38.6 Å². The summed E-state index contributed by atoms with van der Waals surface area (Å²) in [6.45, 7) is 7.81. The molecule has 0 aromatic heterocycles. The molecule has 1 aliphatic rings. The van der Waals surface area contributed by atoms with Crippen LogP contribution in [0.25, 0.3) is 0 Å². The van der Waals surface area contributed by atoms with Gasteiger partial charge >= 0.3 is 0 Å². The maximum atomic E-state index is 5.28. The molecule has 1 aliphatic heterocycles. The lowest BCUT2D eigenvalue weighted by Gasteiger charge is -2.22. The molecule has 0 amide bonds. The fourth-order valence-corrected chi connectivity index (χ4v) is 1.46. The molecule has 12 heavy (non-hydrogen) atoms. The van der Waals surface area contributed by atoms with Gasteiger partial charge < -0.3 is 10.1 Å². The number of rotatable bonds is 5. The summed E-state index contributed by atoms with van der Waals surface area (Å²) in [6.07, 6.45) is 5.47. The summed E-state index contributed by atoms with van der Waals surface area (Å²) in [5, 5.41) is 3.43. The van der Waals surface area contributed by atoms with Gasteiger partial charge in [-0.15, -0.1) is 6.58 Å². The van der Waals surface area contributed by atoms with Gasteiger partial charge in [0, 0.05) is 13.2 Å². The maximum Gasteiger partial charge on any atom is 0.0469 e. The van der Waals surface area contributed by atoms with Crippen molar-refractivity contribution in [2.24, 2.45) is 5.92 Å². The zero-order chi connectivity index (χ0) is 8.65. The van der Waals surface area contributed by atoms with Crippen LogP contribution in [0.3, 0.4) is 0 Å². The first-order valence-corrected chi connectivity index (χ1v) is 4.83. The van der Waals surface area contributed by atoms with Crippen LogP contribution in [0.5, 0.6) is 0 Å². The Morgan fingerprint density at radius 1 is 1.42 bits per heavy atom. The van der Waals surface area contributed by atoms with E-state index in [1.165, 1.54) is 12.8 Å². The minimum absolute atomic E-state index is 0.837. The Morgan fingerprint density at radius 2 is 2.17 bits per heavy atom. The molecule has 1 rings (SSSR count). The van der Waals surface area contributed by atoms with Crippen molar-refractivity contribution in [2.75, 3.05) is 26.3 Å². The Labute approximate surface area is 75.0 Å². The Kier molecular flexibility index (Phi) is 5.04. The van der Waals surface area contributed by atoms with Crippen LogP contribution < -0.4 is 5.32 Å². The van der Waals surface area contributed by atoms with E-state index >= 15 is 0 Å². The molecule has 1 fully saturated rings. The smallest absolute Gasteiger partial charge is 0.0469 e. The van der Waals surface area contributed by atoms with Gasteiger partial charge in [-0.25, -0.2) is 0 Å². The third-order valence-corrected chi connectivity index (χ3v) is 2.30. The summed E-state index contributed by atoms with van der Waals surface area (Å²) in [4.78, 5) is 0. The third-order valence-electron chi connectivity index (χ3n) is 2.30. The molecule has 1 N–H and O–H groups in total. The van der Waals surface area contributed by atoms with Crippen LogP contribution >= 0.6 is 0 Å². The molecule has 0 aromatic rings. The quantitative estimate of drug-likeness (QED) is 0.498. The molecular weight excluding hydrogens is 150 g/mol. The molecule has 0 bridgehead atoms. The zero-order valence-corrected chi connectivity index (χ0v) is 7.72. The van der Waals surface area contributed by atoms with Crippen LogP contribution in [0.2, 0.25) is 0 Å². The first-order valence-electron chi connectivity index (χ1n) is 4.83. The first kappa shape index (κ1) is 9.75. The molecule has 0 aliphatic carbocycles. The van der Waals surface area contributed by atoms with Crippen molar-refractivity contribution >= 4 is 0 Å². The lowest BCUT2D eigenvalue weighted by atomic mass is 10.0. The van der Waals surface area contributed by atoms with E-state index in [1.54, 1.807) is 0 Å². The molecule has 0 spiro atoms. The Morgan fingerprint density at radius 3 is 2.83 bits per heavy atom. The number of hydrogen-bond acceptors (Lipinski definition) is 2. The van der Waals surface area contributed by atoms with Gasteiger partial charge in [0.2, 0.25) is 0 Å². The minimum Gasteiger partial charge on any atom is -0.381 e. The number of nitrogens with one attached hydrogen (secondary N) is 1. The maximum absolute atomic E-state index is 5.28. The van der Waals surface area contributed by atoms with Crippen LogP contribution in [-0.4, -0.2) is 26.3 Å². The SMILES string of the molecule is C=CCCNCC1CCOCC1. The normalized spacial score (nSPS) is 19.3. The summed E-state index contributed by atoms with van der Waals surface area (Å²) < 4.78 is 5.28. The van der Waals surface area contributed by atoms with E-state index in [9.17, 15) is 0 Å². The lowest BCUT2D eigenvalue weighted by Crippen LogP contribution is -2.28. The Bertz CT molecular complexity index is 119. The van der Waals surface area contributed by atoms with E-state index < -0.39 is 0 Å². The predicted octanol–water partition coefficient (Wildman–Crippen LogP) is 1.58. The van der Waals surface area contributed by atoms with Gasteiger partial charge in [-0.1, -0.05) is 6.08 Å². The molecule has 0 radical (unpaired) electrons. The van der Waals surface area contributed by atoms with Crippen molar-refractivity contribution in [1.29, 1.82) is 0 Å². The van der Waals surface area contributed by atoms with Crippen molar-refractivity contribution in [2.45, 2.75) is 19.3 Å². The van der Waals surface area contributed by atoms with Gasteiger partial charge in [-0.05, 0) is 38.3 Å². The van der Waals surface area contributed by atoms with Crippen molar-refractivity contribution in [3.63, 3.8) is 0 Å². The molecule has 0 aromatic carbocycles. The van der Waals surface area contributed by atoms with Gasteiger partial charge in [-0.3, -0.25) is 0 Å². The monoisotopic (exact) mass is 169 g/mol. The first-order chi connectivity index (χ1) is 5.93. The fourth-order valence-electron chi connectivity index (χ4n) is 1.46. The van der Waals surface area contributed by atoms with E-state index in [-0.39, 0.29) is 0 Å². The summed E-state index contributed by atoms with van der Waals surface area (Å²) >= 11 is 0. The number of ether oxygens (including phenoxy) is 1. The highest BCUT2D eigenvalue weighted by atomic mass is 16.5. The third kappa shape index (κ3) is 3.88.